The van der Waals surface area contributed by atoms with Gasteiger partial charge < -0.3 is 26.0 Å². The van der Waals surface area contributed by atoms with Crippen molar-refractivity contribution in [3.63, 3.8) is 0 Å². The summed E-state index contributed by atoms with van der Waals surface area (Å²) < 4.78 is 5.49. The molecule has 0 aliphatic carbocycles. The van der Waals surface area contributed by atoms with Gasteiger partial charge in [0.15, 0.2) is 0 Å². The van der Waals surface area contributed by atoms with Crippen molar-refractivity contribution in [2.75, 3.05) is 18.1 Å². The zero-order valence-electron chi connectivity index (χ0n) is 29.1. The van der Waals surface area contributed by atoms with Crippen molar-refractivity contribution in [1.82, 2.24) is 29.7 Å². The number of hydrogen-bond donors (Lipinski definition) is 2. The number of hydrogen-bond acceptors (Lipinski definition) is 13. The number of carbonyl (C=O) groups excluding carboxylic acids is 4. The van der Waals surface area contributed by atoms with E-state index in [1.165, 1.54) is 31.4 Å². The Balaban J connectivity index is 2.47. The Labute approximate surface area is 291 Å². The number of allylic oxidation sites excluding steroid dienone is 3. The van der Waals surface area contributed by atoms with E-state index in [9.17, 15) is 19.2 Å². The van der Waals surface area contributed by atoms with Crippen LogP contribution in [0.5, 0.6) is 0 Å². The SMILES string of the molecule is C/C(=C(\CCCC(=O)C(C)C)SS/C(CCOC(=O)C(C)C)=C(/C)N(C=O)Cc1cnc(C)nc1N)N(C=O)Cc1cnc(C)nc1N. The van der Waals surface area contributed by atoms with Crippen molar-refractivity contribution in [2.24, 2.45) is 11.8 Å². The first-order valence-electron chi connectivity index (χ1n) is 15.7. The lowest BCUT2D eigenvalue weighted by molar-refractivity contribution is -0.147. The lowest BCUT2D eigenvalue weighted by Crippen LogP contribution is -2.22. The summed E-state index contributed by atoms with van der Waals surface area (Å²) in [6, 6.07) is 0. The molecule has 0 unspecified atom stereocenters. The van der Waals surface area contributed by atoms with Crippen LogP contribution in [0.25, 0.3) is 0 Å². The summed E-state index contributed by atoms with van der Waals surface area (Å²) in [7, 11) is 2.82. The first-order chi connectivity index (χ1) is 22.7. The summed E-state index contributed by atoms with van der Waals surface area (Å²) >= 11 is 0. The molecule has 0 saturated carbocycles. The minimum atomic E-state index is -0.325. The molecule has 4 N–H and O–H groups in total. The van der Waals surface area contributed by atoms with Gasteiger partial charge in [0, 0.05) is 63.5 Å². The van der Waals surface area contributed by atoms with Gasteiger partial charge in [-0.3, -0.25) is 19.2 Å². The smallest absolute Gasteiger partial charge is 0.308 e. The summed E-state index contributed by atoms with van der Waals surface area (Å²) in [5, 5.41) is 0. The molecular weight excluding hydrogens is 653 g/mol. The number of esters is 1. The van der Waals surface area contributed by atoms with Crippen molar-refractivity contribution in [3.05, 3.63) is 56.4 Å². The fourth-order valence-corrected chi connectivity index (χ4v) is 7.11. The van der Waals surface area contributed by atoms with Crippen LogP contribution in [-0.2, 0) is 37.0 Å². The molecule has 0 radical (unpaired) electrons. The fraction of sp³-hybridized carbons (Fsp3) is 0.515. The number of anilines is 2. The van der Waals surface area contributed by atoms with E-state index in [4.69, 9.17) is 16.2 Å². The molecule has 2 rings (SSSR count). The Morgan fingerprint density at radius 1 is 0.792 bits per heavy atom. The zero-order chi connectivity index (χ0) is 36.0. The molecule has 0 spiro atoms. The zero-order valence-corrected chi connectivity index (χ0v) is 30.7. The molecule has 2 aromatic heterocycles. The number of nitrogen functional groups attached to an aromatic ring is 2. The van der Waals surface area contributed by atoms with Crippen molar-refractivity contribution >= 4 is 57.8 Å². The maximum atomic E-state index is 12.4. The van der Waals surface area contributed by atoms with Gasteiger partial charge in [-0.15, -0.1) is 0 Å². The number of ether oxygens (including phenoxy) is 1. The van der Waals surface area contributed by atoms with E-state index in [2.05, 4.69) is 19.9 Å². The van der Waals surface area contributed by atoms with Gasteiger partial charge in [0.25, 0.3) is 0 Å². The van der Waals surface area contributed by atoms with E-state index in [0.29, 0.717) is 72.1 Å². The third kappa shape index (κ3) is 12.6. The molecule has 13 nitrogen and oxygen atoms in total. The molecule has 0 aliphatic rings. The number of aromatic nitrogens is 4. The van der Waals surface area contributed by atoms with Crippen molar-refractivity contribution in [2.45, 2.75) is 94.2 Å². The molecule has 0 aromatic carbocycles. The van der Waals surface area contributed by atoms with Crippen LogP contribution in [0.15, 0.2) is 33.6 Å². The molecule has 2 amide bonds. The standard InChI is InChI=1S/C33H48N8O5S2/c1-20(2)28(44)10-9-11-29(22(5)40(18-42)16-26-14-36-24(7)38-31(26)34)47-48-30(12-13-46-33(45)21(3)4)23(6)41(19-43)17-27-15-37-25(8)39-32(27)35/h14-15,18-21H,9-13,16-17H2,1-8H3,(H2,34,36,38)(H2,35,37,39)/b29-22-,30-23-. The van der Waals surface area contributed by atoms with Crippen molar-refractivity contribution in [1.29, 1.82) is 0 Å². The summed E-state index contributed by atoms with van der Waals surface area (Å²) in [5.41, 5.74) is 14.7. The lowest BCUT2D eigenvalue weighted by Gasteiger charge is -2.24. The molecule has 0 bridgehead atoms. The summed E-state index contributed by atoms with van der Waals surface area (Å²) in [4.78, 5) is 70.9. The van der Waals surface area contributed by atoms with E-state index < -0.39 is 0 Å². The Morgan fingerprint density at radius 3 is 1.65 bits per heavy atom. The molecule has 48 heavy (non-hydrogen) atoms. The second-order valence-electron chi connectivity index (χ2n) is 11.9. The van der Waals surface area contributed by atoms with Gasteiger partial charge in [-0.2, -0.15) is 0 Å². The number of Topliss-reactive ketones (excluding diaryl/α,β-unsaturated/α-hetero) is 1. The van der Waals surface area contributed by atoms with Crippen LogP contribution in [0.3, 0.4) is 0 Å². The van der Waals surface area contributed by atoms with Gasteiger partial charge in [0.05, 0.1) is 25.6 Å². The van der Waals surface area contributed by atoms with E-state index in [0.717, 1.165) is 16.2 Å². The quantitative estimate of drug-likeness (QED) is 0.100. The van der Waals surface area contributed by atoms with Crippen LogP contribution in [0.4, 0.5) is 11.6 Å². The molecular formula is C33H48N8O5S2. The van der Waals surface area contributed by atoms with E-state index in [1.54, 1.807) is 40.1 Å². The first kappa shape index (κ1) is 40.2. The number of carbonyl (C=O) groups is 4. The maximum absolute atomic E-state index is 12.4. The highest BCUT2D eigenvalue weighted by molar-refractivity contribution is 8.79. The maximum Gasteiger partial charge on any atom is 0.308 e. The number of aryl methyl sites for hydroxylation is 2. The monoisotopic (exact) mass is 700 g/mol. The summed E-state index contributed by atoms with van der Waals surface area (Å²) in [6.45, 7) is 14.8. The highest BCUT2D eigenvalue weighted by Gasteiger charge is 2.20. The number of rotatable bonds is 20. The minimum absolute atomic E-state index is 0.0791. The Morgan fingerprint density at radius 2 is 1.25 bits per heavy atom. The van der Waals surface area contributed by atoms with E-state index in [1.807, 2.05) is 27.7 Å². The average Bonchev–Trinajstić information content (AvgIpc) is 3.03. The van der Waals surface area contributed by atoms with Crippen LogP contribution in [0.1, 0.15) is 90.0 Å². The van der Waals surface area contributed by atoms with Crippen molar-refractivity contribution < 1.29 is 23.9 Å². The highest BCUT2D eigenvalue weighted by Crippen LogP contribution is 2.43. The number of ketones is 1. The molecule has 0 fully saturated rings. The molecule has 0 saturated heterocycles. The minimum Gasteiger partial charge on any atom is -0.465 e. The first-order valence-corrected chi connectivity index (χ1v) is 17.9. The molecule has 0 atom stereocenters. The average molecular weight is 701 g/mol. The lowest BCUT2D eigenvalue weighted by atomic mass is 10.0. The summed E-state index contributed by atoms with van der Waals surface area (Å²) in [6.07, 6.45) is 6.47. The van der Waals surface area contributed by atoms with Crippen LogP contribution in [0, 0.1) is 25.7 Å². The molecule has 0 aliphatic heterocycles. The molecule has 262 valence electrons. The number of amides is 2. The Kier molecular flexibility index (Phi) is 16.5. The van der Waals surface area contributed by atoms with Crippen molar-refractivity contribution in [3.8, 4) is 0 Å². The second kappa shape index (κ2) is 19.7. The van der Waals surface area contributed by atoms with Crippen LogP contribution in [-0.4, -0.2) is 60.9 Å². The largest absolute Gasteiger partial charge is 0.465 e. The third-order valence-electron chi connectivity index (χ3n) is 7.40. The predicted octanol–water partition coefficient (Wildman–Crippen LogP) is 5.49. The highest BCUT2D eigenvalue weighted by atomic mass is 33.1. The van der Waals surface area contributed by atoms with Crippen LogP contribution >= 0.6 is 21.6 Å². The van der Waals surface area contributed by atoms with Gasteiger partial charge in [-0.05, 0) is 40.5 Å². The second-order valence-corrected chi connectivity index (χ2v) is 14.2. The van der Waals surface area contributed by atoms with Gasteiger partial charge in [0.1, 0.15) is 29.1 Å². The third-order valence-corrected chi connectivity index (χ3v) is 10.3. The van der Waals surface area contributed by atoms with Crippen LogP contribution < -0.4 is 11.5 Å². The molecule has 15 heteroatoms. The predicted molar refractivity (Wildman–Crippen MR) is 190 cm³/mol. The fourth-order valence-electron chi connectivity index (χ4n) is 4.21. The van der Waals surface area contributed by atoms with E-state index in [-0.39, 0.29) is 49.1 Å². The normalized spacial score (nSPS) is 12.4. The van der Waals surface area contributed by atoms with Gasteiger partial charge in [-0.25, -0.2) is 19.9 Å². The topological polar surface area (TPSA) is 188 Å². The molecule has 2 aromatic rings. The Hall–Kier alpha value is -3.98. The summed E-state index contributed by atoms with van der Waals surface area (Å²) in [5.74, 6) is 1.08. The van der Waals surface area contributed by atoms with Gasteiger partial charge >= 0.3 is 5.97 Å². The molecule has 2 heterocycles. The Bertz CT molecular complexity index is 1400. The van der Waals surface area contributed by atoms with E-state index >= 15 is 0 Å². The van der Waals surface area contributed by atoms with Gasteiger partial charge in [0.2, 0.25) is 12.8 Å². The van der Waals surface area contributed by atoms with Crippen LogP contribution in [0.2, 0.25) is 0 Å². The number of nitrogens with two attached hydrogens (primary N) is 2. The number of nitrogens with zero attached hydrogens (tertiary/aromatic N) is 6. The van der Waals surface area contributed by atoms with Gasteiger partial charge in [-0.1, -0.05) is 49.3 Å².